The number of rotatable bonds is 4. The maximum Gasteiger partial charge on any atom is 0.128 e. The number of nitrogens with one attached hydrogen (secondary N) is 1. The molecule has 2 atom stereocenters. The van der Waals surface area contributed by atoms with E-state index in [-0.39, 0.29) is 17.7 Å². The summed E-state index contributed by atoms with van der Waals surface area (Å²) in [6.45, 7) is 4.75. The Morgan fingerprint density at radius 2 is 2.10 bits per heavy atom. The number of hydrogen-bond donors (Lipinski definition) is 1. The van der Waals surface area contributed by atoms with Crippen molar-refractivity contribution in [2.45, 2.75) is 32.2 Å². The molecule has 1 N–H and O–H groups in total. The molecule has 20 heavy (non-hydrogen) atoms. The second kappa shape index (κ2) is 7.14. The van der Waals surface area contributed by atoms with E-state index in [9.17, 15) is 8.78 Å². The molecule has 112 valence electrons. The van der Waals surface area contributed by atoms with E-state index in [0.29, 0.717) is 11.5 Å². The van der Waals surface area contributed by atoms with E-state index < -0.39 is 0 Å². The summed E-state index contributed by atoms with van der Waals surface area (Å²) >= 11 is 0. The molecule has 1 fully saturated rings. The molecule has 1 aliphatic heterocycles. The molecule has 1 aromatic carbocycles. The number of likely N-dealkylation sites (tertiary alicyclic amines) is 1. The largest absolute Gasteiger partial charge is 0.317 e. The first-order valence-electron chi connectivity index (χ1n) is 7.49. The van der Waals surface area contributed by atoms with Gasteiger partial charge in [0.15, 0.2) is 0 Å². The first-order chi connectivity index (χ1) is 9.63. The van der Waals surface area contributed by atoms with Gasteiger partial charge in [0.2, 0.25) is 0 Å². The molecule has 0 saturated carbocycles. The van der Waals surface area contributed by atoms with Gasteiger partial charge in [-0.05, 0) is 63.6 Å². The van der Waals surface area contributed by atoms with Crippen molar-refractivity contribution in [1.29, 1.82) is 0 Å². The lowest BCUT2D eigenvalue weighted by molar-refractivity contribution is 0.184. The summed E-state index contributed by atoms with van der Waals surface area (Å²) in [6, 6.07) is 3.75. The van der Waals surface area contributed by atoms with E-state index in [2.05, 4.69) is 17.1 Å². The average molecular weight is 282 g/mol. The molecule has 0 aliphatic carbocycles. The predicted octanol–water partition coefficient (Wildman–Crippen LogP) is 3.35. The summed E-state index contributed by atoms with van der Waals surface area (Å²) < 4.78 is 27.7. The molecule has 2 rings (SSSR count). The Kier molecular flexibility index (Phi) is 5.49. The van der Waals surface area contributed by atoms with Crippen LogP contribution >= 0.6 is 0 Å². The highest BCUT2D eigenvalue weighted by molar-refractivity contribution is 5.23. The van der Waals surface area contributed by atoms with Crippen LogP contribution in [0.5, 0.6) is 0 Å². The van der Waals surface area contributed by atoms with Crippen molar-refractivity contribution in [2.24, 2.45) is 5.92 Å². The number of nitrogens with zero attached hydrogens (tertiary/aromatic N) is 1. The third-order valence-corrected chi connectivity index (χ3v) is 4.19. The molecule has 0 aromatic heterocycles. The zero-order valence-electron chi connectivity index (χ0n) is 12.3. The van der Waals surface area contributed by atoms with Gasteiger partial charge in [-0.2, -0.15) is 0 Å². The van der Waals surface area contributed by atoms with Gasteiger partial charge in [-0.1, -0.05) is 13.3 Å². The van der Waals surface area contributed by atoms with Gasteiger partial charge in [0.1, 0.15) is 11.6 Å². The van der Waals surface area contributed by atoms with Gasteiger partial charge in [0, 0.05) is 11.6 Å². The quantitative estimate of drug-likeness (QED) is 0.911. The molecular weight excluding hydrogens is 258 g/mol. The minimum Gasteiger partial charge on any atom is -0.317 e. The van der Waals surface area contributed by atoms with E-state index >= 15 is 0 Å². The fourth-order valence-electron chi connectivity index (χ4n) is 3.20. The Balaban J connectivity index is 2.31. The minimum absolute atomic E-state index is 0.0488. The van der Waals surface area contributed by atoms with Crippen LogP contribution in [0.15, 0.2) is 18.2 Å². The SMILES string of the molecule is CCNCC1CCCCN(C)C1c1cc(F)ccc1F. The van der Waals surface area contributed by atoms with Gasteiger partial charge >= 0.3 is 0 Å². The smallest absolute Gasteiger partial charge is 0.128 e. The van der Waals surface area contributed by atoms with E-state index in [4.69, 9.17) is 0 Å². The first-order valence-corrected chi connectivity index (χ1v) is 7.49. The van der Waals surface area contributed by atoms with Crippen LogP contribution in [-0.2, 0) is 0 Å². The molecule has 0 spiro atoms. The molecule has 1 heterocycles. The van der Waals surface area contributed by atoms with Crippen molar-refractivity contribution in [2.75, 3.05) is 26.7 Å². The summed E-state index contributed by atoms with van der Waals surface area (Å²) in [4.78, 5) is 2.17. The molecule has 1 aliphatic rings. The van der Waals surface area contributed by atoms with Crippen molar-refractivity contribution < 1.29 is 8.78 Å². The summed E-state index contributed by atoms with van der Waals surface area (Å²) in [6.07, 6.45) is 3.32. The topological polar surface area (TPSA) is 15.3 Å². The van der Waals surface area contributed by atoms with Crippen LogP contribution in [0, 0.1) is 17.6 Å². The fraction of sp³-hybridized carbons (Fsp3) is 0.625. The summed E-state index contributed by atoms with van der Waals surface area (Å²) in [5.41, 5.74) is 0.498. The highest BCUT2D eigenvalue weighted by atomic mass is 19.1. The Morgan fingerprint density at radius 3 is 2.85 bits per heavy atom. The maximum atomic E-state index is 14.1. The van der Waals surface area contributed by atoms with E-state index in [1.807, 2.05) is 7.05 Å². The van der Waals surface area contributed by atoms with Gasteiger partial charge in [-0.3, -0.25) is 4.90 Å². The van der Waals surface area contributed by atoms with Gasteiger partial charge in [0.05, 0.1) is 0 Å². The maximum absolute atomic E-state index is 14.1. The van der Waals surface area contributed by atoms with Crippen LogP contribution in [-0.4, -0.2) is 31.6 Å². The second-order valence-electron chi connectivity index (χ2n) is 5.65. The molecular formula is C16H24F2N2. The van der Waals surface area contributed by atoms with Gasteiger partial charge in [0.25, 0.3) is 0 Å². The lowest BCUT2D eigenvalue weighted by atomic mass is 9.89. The summed E-state index contributed by atoms with van der Waals surface area (Å²) in [5.74, 6) is -0.341. The van der Waals surface area contributed by atoms with Crippen molar-refractivity contribution in [1.82, 2.24) is 10.2 Å². The molecule has 1 aromatic rings. The Labute approximate surface area is 120 Å². The standard InChI is InChI=1S/C16H24F2N2/c1-3-19-11-12-6-4-5-9-20(2)16(12)14-10-13(17)7-8-15(14)18/h7-8,10,12,16,19H,3-6,9,11H2,1-2H3. The van der Waals surface area contributed by atoms with Crippen LogP contribution < -0.4 is 5.32 Å². The van der Waals surface area contributed by atoms with Crippen molar-refractivity contribution in [3.05, 3.63) is 35.4 Å². The molecule has 2 unspecified atom stereocenters. The monoisotopic (exact) mass is 282 g/mol. The van der Waals surface area contributed by atoms with Crippen LogP contribution in [0.2, 0.25) is 0 Å². The zero-order valence-corrected chi connectivity index (χ0v) is 12.3. The number of hydrogen-bond acceptors (Lipinski definition) is 2. The Bertz CT molecular complexity index is 436. The highest BCUT2D eigenvalue weighted by Gasteiger charge is 2.30. The van der Waals surface area contributed by atoms with Gasteiger partial charge < -0.3 is 5.32 Å². The third-order valence-electron chi connectivity index (χ3n) is 4.19. The van der Waals surface area contributed by atoms with Crippen LogP contribution in [0.1, 0.15) is 37.8 Å². The van der Waals surface area contributed by atoms with Gasteiger partial charge in [-0.25, -0.2) is 8.78 Å². The molecule has 1 saturated heterocycles. The van der Waals surface area contributed by atoms with E-state index in [0.717, 1.165) is 38.9 Å². The number of benzene rings is 1. The summed E-state index contributed by atoms with van der Waals surface area (Å²) in [5, 5.41) is 3.36. The van der Waals surface area contributed by atoms with Gasteiger partial charge in [-0.15, -0.1) is 0 Å². The molecule has 4 heteroatoms. The minimum atomic E-state index is -0.360. The fourth-order valence-corrected chi connectivity index (χ4v) is 3.20. The van der Waals surface area contributed by atoms with E-state index in [1.165, 1.54) is 18.2 Å². The molecule has 0 bridgehead atoms. The van der Waals surface area contributed by atoms with Crippen LogP contribution in [0.25, 0.3) is 0 Å². The zero-order chi connectivity index (χ0) is 14.5. The van der Waals surface area contributed by atoms with Crippen LogP contribution in [0.3, 0.4) is 0 Å². The summed E-state index contributed by atoms with van der Waals surface area (Å²) in [7, 11) is 2.01. The van der Waals surface area contributed by atoms with E-state index in [1.54, 1.807) is 0 Å². The molecule has 0 amide bonds. The predicted molar refractivity (Wildman–Crippen MR) is 77.6 cm³/mol. The third kappa shape index (κ3) is 3.55. The normalized spacial score (nSPS) is 24.6. The first kappa shape index (κ1) is 15.4. The van der Waals surface area contributed by atoms with Crippen molar-refractivity contribution >= 4 is 0 Å². The molecule has 2 nitrogen and oxygen atoms in total. The Hall–Kier alpha value is -1.00. The lowest BCUT2D eigenvalue weighted by Gasteiger charge is -2.33. The van der Waals surface area contributed by atoms with Crippen LogP contribution in [0.4, 0.5) is 8.78 Å². The highest BCUT2D eigenvalue weighted by Crippen LogP contribution is 2.35. The second-order valence-corrected chi connectivity index (χ2v) is 5.65. The number of halogens is 2. The molecule has 0 radical (unpaired) electrons. The average Bonchev–Trinajstić information content (AvgIpc) is 2.61. The van der Waals surface area contributed by atoms with Crippen molar-refractivity contribution in [3.8, 4) is 0 Å². The van der Waals surface area contributed by atoms with Crippen molar-refractivity contribution in [3.63, 3.8) is 0 Å². The lowest BCUT2D eigenvalue weighted by Crippen LogP contribution is -2.35. The Morgan fingerprint density at radius 1 is 1.30 bits per heavy atom.